The molecule has 2 aliphatic rings. The van der Waals surface area contributed by atoms with Gasteiger partial charge in [0.2, 0.25) is 0 Å². The van der Waals surface area contributed by atoms with E-state index < -0.39 is 5.54 Å². The quantitative estimate of drug-likeness (QED) is 0.367. The first kappa shape index (κ1) is 19.7. The molecule has 0 unspecified atom stereocenters. The molecule has 1 N–H and O–H groups in total. The molecular formula is C26H21BrFN3O. The van der Waals surface area contributed by atoms with Crippen molar-refractivity contribution in [2.24, 2.45) is 5.92 Å². The number of nitrogens with one attached hydrogen (secondary N) is 1. The van der Waals surface area contributed by atoms with E-state index in [1.807, 2.05) is 59.5 Å². The number of halogens is 2. The number of H-pyrrole nitrogens is 1. The molecule has 160 valence electrons. The van der Waals surface area contributed by atoms with Crippen molar-refractivity contribution in [2.45, 2.75) is 24.8 Å². The minimum Gasteiger partial charge on any atom is -0.340 e. The number of hydrogen-bond acceptors (Lipinski definition) is 2. The smallest absolute Gasteiger partial charge is 0.255 e. The van der Waals surface area contributed by atoms with Gasteiger partial charge >= 0.3 is 0 Å². The predicted octanol–water partition coefficient (Wildman–Crippen LogP) is 6.28. The Morgan fingerprint density at radius 3 is 2.66 bits per heavy atom. The number of aromatic amines is 1. The van der Waals surface area contributed by atoms with E-state index in [1.54, 1.807) is 6.07 Å². The number of hydrogen-bond donors (Lipinski definition) is 1. The Bertz CT molecular complexity index is 1310. The Morgan fingerprint density at radius 1 is 1.09 bits per heavy atom. The van der Waals surface area contributed by atoms with Gasteiger partial charge in [0, 0.05) is 18.2 Å². The van der Waals surface area contributed by atoms with Crippen LogP contribution in [0, 0.1) is 11.7 Å². The summed E-state index contributed by atoms with van der Waals surface area (Å²) in [5.41, 5.74) is 3.58. The molecule has 1 aliphatic carbocycles. The predicted molar refractivity (Wildman–Crippen MR) is 126 cm³/mol. The van der Waals surface area contributed by atoms with Crippen molar-refractivity contribution in [3.05, 3.63) is 88.4 Å². The summed E-state index contributed by atoms with van der Waals surface area (Å²) in [6.07, 6.45) is 2.88. The van der Waals surface area contributed by atoms with Crippen LogP contribution in [0.15, 0.2) is 71.2 Å². The van der Waals surface area contributed by atoms with E-state index in [1.165, 1.54) is 6.07 Å². The van der Waals surface area contributed by atoms with Crippen LogP contribution in [0.25, 0.3) is 22.2 Å². The molecule has 6 heteroatoms. The van der Waals surface area contributed by atoms with Crippen molar-refractivity contribution in [2.75, 3.05) is 6.54 Å². The maximum Gasteiger partial charge on any atom is 0.255 e. The normalized spacial score (nSPS) is 22.1. The van der Waals surface area contributed by atoms with Crippen LogP contribution >= 0.6 is 15.9 Å². The zero-order chi connectivity index (χ0) is 21.9. The standard InChI is InChI=1S/C26H21BrFN3O/c27-20-14-22-23(15-21(20)28)30-25(29-22)26-12-10-17(26)11-13-31(26)24(32)19-9-5-4-8-18(19)16-6-2-1-3-7-16/h1-9,14-15,17H,10-13H2,(H,29,30)/t17-,26-/m0/s1. The molecule has 2 heterocycles. The van der Waals surface area contributed by atoms with Crippen LogP contribution in [-0.2, 0) is 5.54 Å². The molecule has 3 aromatic carbocycles. The van der Waals surface area contributed by atoms with Gasteiger partial charge in [0.25, 0.3) is 5.91 Å². The molecule has 2 atom stereocenters. The average molecular weight is 490 g/mol. The fraction of sp³-hybridized carbons (Fsp3) is 0.231. The molecular weight excluding hydrogens is 469 g/mol. The first-order chi connectivity index (χ1) is 15.6. The van der Waals surface area contributed by atoms with E-state index in [0.29, 0.717) is 33.5 Å². The number of rotatable bonds is 3. The van der Waals surface area contributed by atoms with Gasteiger partial charge in [-0.25, -0.2) is 9.37 Å². The average Bonchev–Trinajstić information content (AvgIpc) is 3.31. The van der Waals surface area contributed by atoms with E-state index in [4.69, 9.17) is 4.98 Å². The zero-order valence-electron chi connectivity index (χ0n) is 17.3. The summed E-state index contributed by atoms with van der Waals surface area (Å²) in [5.74, 6) is 0.833. The minimum absolute atomic E-state index is 0.0273. The highest BCUT2D eigenvalue weighted by Gasteiger charge is 2.59. The molecule has 6 rings (SSSR count). The lowest BCUT2D eigenvalue weighted by Crippen LogP contribution is -2.54. The lowest BCUT2D eigenvalue weighted by molar-refractivity contribution is 0.00962. The topological polar surface area (TPSA) is 49.0 Å². The Morgan fingerprint density at radius 2 is 1.88 bits per heavy atom. The molecule has 1 saturated carbocycles. The monoisotopic (exact) mass is 489 g/mol. The molecule has 1 aliphatic heterocycles. The maximum atomic E-state index is 14.1. The SMILES string of the molecule is O=C(c1ccccc1-c1ccccc1)N1CC[C@@H]2CC[C@@]21c1nc2cc(Br)c(F)cc2[nH]1. The minimum atomic E-state index is -0.456. The van der Waals surface area contributed by atoms with Gasteiger partial charge in [0.05, 0.1) is 15.5 Å². The summed E-state index contributed by atoms with van der Waals surface area (Å²) in [5, 5.41) is 0. The summed E-state index contributed by atoms with van der Waals surface area (Å²) in [6, 6.07) is 21.0. The molecule has 0 radical (unpaired) electrons. The van der Waals surface area contributed by atoms with Gasteiger partial charge in [-0.05, 0) is 64.4 Å². The van der Waals surface area contributed by atoms with Crippen LogP contribution < -0.4 is 0 Å². The van der Waals surface area contributed by atoms with Crippen molar-refractivity contribution in [1.29, 1.82) is 0 Å². The molecule has 32 heavy (non-hydrogen) atoms. The first-order valence-electron chi connectivity index (χ1n) is 10.9. The molecule has 0 bridgehead atoms. The fourth-order valence-corrected chi connectivity index (χ4v) is 5.79. The van der Waals surface area contributed by atoms with E-state index in [9.17, 15) is 9.18 Å². The number of nitrogens with zero attached hydrogens (tertiary/aromatic N) is 2. The lowest BCUT2D eigenvalue weighted by atomic mass is 9.66. The Hall–Kier alpha value is -2.99. The number of aromatic nitrogens is 2. The maximum absolute atomic E-state index is 14.1. The number of amides is 1. The number of imidazole rings is 1. The lowest BCUT2D eigenvalue weighted by Gasteiger charge is -2.48. The molecule has 4 nitrogen and oxygen atoms in total. The van der Waals surface area contributed by atoms with Crippen LogP contribution in [-0.4, -0.2) is 27.3 Å². The number of fused-ring (bicyclic) bond motifs is 2. The number of carbonyl (C=O) groups is 1. The van der Waals surface area contributed by atoms with Gasteiger partial charge in [0.1, 0.15) is 17.2 Å². The molecule has 2 fully saturated rings. The molecule has 1 amide bonds. The Kier molecular flexibility index (Phi) is 4.47. The van der Waals surface area contributed by atoms with Crippen LogP contribution in [0.3, 0.4) is 0 Å². The third-order valence-corrected chi connectivity index (χ3v) is 7.76. The summed E-state index contributed by atoms with van der Waals surface area (Å²) >= 11 is 3.25. The molecule has 1 saturated heterocycles. The van der Waals surface area contributed by atoms with Crippen LogP contribution in [0.2, 0.25) is 0 Å². The molecule has 1 aromatic heterocycles. The summed E-state index contributed by atoms with van der Waals surface area (Å²) in [4.78, 5) is 24.1. The highest BCUT2D eigenvalue weighted by atomic mass is 79.9. The number of benzene rings is 3. The van der Waals surface area contributed by atoms with E-state index in [-0.39, 0.29) is 11.7 Å². The summed E-state index contributed by atoms with van der Waals surface area (Å²) in [6.45, 7) is 0.696. The second kappa shape index (κ2) is 7.27. The van der Waals surface area contributed by atoms with E-state index >= 15 is 0 Å². The Balaban J connectivity index is 1.44. The molecule has 4 aromatic rings. The van der Waals surface area contributed by atoms with Gasteiger partial charge < -0.3 is 9.88 Å². The van der Waals surface area contributed by atoms with Crippen LogP contribution in [0.5, 0.6) is 0 Å². The van der Waals surface area contributed by atoms with Gasteiger partial charge in [-0.3, -0.25) is 4.79 Å². The third kappa shape index (κ3) is 2.78. The van der Waals surface area contributed by atoms with E-state index in [2.05, 4.69) is 20.9 Å². The Labute approximate surface area is 193 Å². The second-order valence-electron chi connectivity index (χ2n) is 8.69. The summed E-state index contributed by atoms with van der Waals surface area (Å²) in [7, 11) is 0. The third-order valence-electron chi connectivity index (χ3n) is 7.15. The van der Waals surface area contributed by atoms with Gasteiger partial charge in [-0.15, -0.1) is 0 Å². The largest absolute Gasteiger partial charge is 0.340 e. The molecule has 0 spiro atoms. The van der Waals surface area contributed by atoms with Crippen molar-refractivity contribution >= 4 is 32.9 Å². The highest BCUT2D eigenvalue weighted by molar-refractivity contribution is 9.10. The van der Waals surface area contributed by atoms with Crippen molar-refractivity contribution in [3.8, 4) is 11.1 Å². The van der Waals surface area contributed by atoms with Gasteiger partial charge in [-0.1, -0.05) is 48.5 Å². The van der Waals surface area contributed by atoms with Crippen molar-refractivity contribution in [1.82, 2.24) is 14.9 Å². The van der Waals surface area contributed by atoms with Gasteiger partial charge in [0.15, 0.2) is 0 Å². The van der Waals surface area contributed by atoms with Crippen molar-refractivity contribution in [3.63, 3.8) is 0 Å². The van der Waals surface area contributed by atoms with Gasteiger partial charge in [-0.2, -0.15) is 0 Å². The number of carbonyl (C=O) groups excluding carboxylic acids is 1. The van der Waals surface area contributed by atoms with E-state index in [0.717, 1.165) is 36.2 Å². The summed E-state index contributed by atoms with van der Waals surface area (Å²) < 4.78 is 14.5. The van der Waals surface area contributed by atoms with Crippen LogP contribution in [0.1, 0.15) is 35.4 Å². The van der Waals surface area contributed by atoms with Crippen LogP contribution in [0.4, 0.5) is 4.39 Å². The second-order valence-corrected chi connectivity index (χ2v) is 9.54. The zero-order valence-corrected chi connectivity index (χ0v) is 18.9. The fourth-order valence-electron chi connectivity index (χ4n) is 5.46. The highest BCUT2D eigenvalue weighted by Crippen LogP contribution is 2.56. The van der Waals surface area contributed by atoms with Crippen molar-refractivity contribution < 1.29 is 9.18 Å². The number of likely N-dealkylation sites (tertiary alicyclic amines) is 1. The first-order valence-corrected chi connectivity index (χ1v) is 11.7.